The molecule has 6 heteroatoms. The summed E-state index contributed by atoms with van der Waals surface area (Å²) in [7, 11) is 0. The van der Waals surface area contributed by atoms with Crippen molar-refractivity contribution in [3.63, 3.8) is 0 Å². The Morgan fingerprint density at radius 3 is 2.39 bits per heavy atom. The van der Waals surface area contributed by atoms with Crippen LogP contribution in [0.5, 0.6) is 0 Å². The van der Waals surface area contributed by atoms with Crippen molar-refractivity contribution in [1.82, 2.24) is 0 Å². The molecule has 1 saturated heterocycles. The van der Waals surface area contributed by atoms with Crippen LogP contribution in [0.4, 0.5) is 0 Å². The van der Waals surface area contributed by atoms with Gasteiger partial charge >= 0.3 is 0 Å². The number of quaternary nitrogens is 2. The molecule has 0 radical (unpaired) electrons. The molecule has 1 aliphatic heterocycles. The van der Waals surface area contributed by atoms with Crippen molar-refractivity contribution in [2.24, 2.45) is 0 Å². The molecule has 0 saturated carbocycles. The van der Waals surface area contributed by atoms with E-state index in [0.29, 0.717) is 6.54 Å². The lowest BCUT2D eigenvalue weighted by Crippen LogP contribution is -3.15. The summed E-state index contributed by atoms with van der Waals surface area (Å²) in [5.74, 6) is 0.289. The van der Waals surface area contributed by atoms with E-state index in [4.69, 9.17) is 4.74 Å². The number of rotatable bonds is 9. The average Bonchev–Trinajstić information content (AvgIpc) is 3.05. The maximum atomic E-state index is 13.2. The van der Waals surface area contributed by atoms with Gasteiger partial charge in [0.2, 0.25) is 5.78 Å². The van der Waals surface area contributed by atoms with Crippen molar-refractivity contribution in [3.8, 4) is 0 Å². The van der Waals surface area contributed by atoms with Gasteiger partial charge in [-0.3, -0.25) is 4.79 Å². The van der Waals surface area contributed by atoms with E-state index in [1.54, 1.807) is 4.90 Å². The molecule has 2 aromatic carbocycles. The number of ether oxygens (including phenoxy) is 1. The lowest BCUT2D eigenvalue weighted by atomic mass is 9.98. The van der Waals surface area contributed by atoms with Gasteiger partial charge in [0.15, 0.2) is 0 Å². The zero-order valence-corrected chi connectivity index (χ0v) is 21.1. The van der Waals surface area contributed by atoms with Crippen LogP contribution in [0.3, 0.4) is 0 Å². The van der Waals surface area contributed by atoms with Gasteiger partial charge in [0.25, 0.3) is 0 Å². The van der Waals surface area contributed by atoms with E-state index < -0.39 is 0 Å². The molecule has 2 N–H and O–H groups in total. The smallest absolute Gasteiger partial charge is 0.216 e. The van der Waals surface area contributed by atoms with Crippen molar-refractivity contribution in [1.29, 1.82) is 0 Å². The highest BCUT2D eigenvalue weighted by atomic mass is 35.5. The predicted octanol–water partition coefficient (Wildman–Crippen LogP) is -4.46. The lowest BCUT2D eigenvalue weighted by molar-refractivity contribution is -0.926. The molecule has 182 valence electrons. The highest BCUT2D eigenvalue weighted by molar-refractivity contribution is 5.97. The first-order valence-electron chi connectivity index (χ1n) is 12.2. The summed E-state index contributed by atoms with van der Waals surface area (Å²) in [6, 6.07) is 17.1. The minimum absolute atomic E-state index is 0. The second-order valence-corrected chi connectivity index (χ2v) is 9.27. The summed E-state index contributed by atoms with van der Waals surface area (Å²) < 4.78 is 5.48. The number of ketones is 1. The molecule has 0 spiro atoms. The van der Waals surface area contributed by atoms with E-state index in [1.165, 1.54) is 53.8 Å². The molecule has 1 atom stereocenters. The van der Waals surface area contributed by atoms with Gasteiger partial charge < -0.3 is 39.4 Å². The van der Waals surface area contributed by atoms with Gasteiger partial charge in [-0.1, -0.05) is 48.9 Å². The Balaban J connectivity index is 0.00000193. The highest BCUT2D eigenvalue weighted by Gasteiger charge is 2.20. The van der Waals surface area contributed by atoms with Crippen LogP contribution in [0.15, 0.2) is 48.5 Å². The molecule has 1 unspecified atom stereocenters. The van der Waals surface area contributed by atoms with Gasteiger partial charge in [-0.15, -0.1) is 0 Å². The molecule has 4 rings (SSSR count). The third-order valence-electron chi connectivity index (χ3n) is 6.89. The van der Waals surface area contributed by atoms with E-state index in [9.17, 15) is 4.79 Å². The first kappa shape index (κ1) is 27.8. The molecule has 1 fully saturated rings. The summed E-state index contributed by atoms with van der Waals surface area (Å²) in [6.45, 7) is 7.69. The van der Waals surface area contributed by atoms with Crippen LogP contribution in [0.1, 0.15) is 52.7 Å². The Morgan fingerprint density at radius 1 is 0.909 bits per heavy atom. The number of benzene rings is 2. The van der Waals surface area contributed by atoms with Crippen LogP contribution in [0.25, 0.3) is 0 Å². The fraction of sp³-hybridized carbons (Fsp3) is 0.519. The number of carbonyl (C=O) groups is 1. The Bertz CT molecular complexity index is 841. The molecule has 2 aliphatic rings. The zero-order chi connectivity index (χ0) is 21.3. The summed E-state index contributed by atoms with van der Waals surface area (Å²) in [5.41, 5.74) is 5.08. The number of hydrogen-bond acceptors (Lipinski definition) is 2. The number of carbonyl (C=O) groups excluding carboxylic acids is 1. The molecule has 1 aliphatic carbocycles. The quantitative estimate of drug-likeness (QED) is 0.273. The second kappa shape index (κ2) is 14.7. The van der Waals surface area contributed by atoms with Gasteiger partial charge in [0.05, 0.1) is 26.3 Å². The third kappa shape index (κ3) is 8.70. The SMILES string of the molecule is O=C(C[NH+](CCC[NH+]1CCOCC1)Cc1ccccc1)c1ccc2c(c1)CCCCC2.[Cl-].[Cl-]. The van der Waals surface area contributed by atoms with E-state index in [2.05, 4.69) is 48.5 Å². The number of aryl methyl sites for hydroxylation is 2. The molecule has 1 heterocycles. The summed E-state index contributed by atoms with van der Waals surface area (Å²) >= 11 is 0. The van der Waals surface area contributed by atoms with E-state index in [1.807, 2.05) is 0 Å². The molecule has 0 amide bonds. The fourth-order valence-electron chi connectivity index (χ4n) is 5.04. The maximum Gasteiger partial charge on any atom is 0.216 e. The number of hydrogen-bond donors (Lipinski definition) is 2. The maximum absolute atomic E-state index is 13.2. The molecular weight excluding hydrogens is 455 g/mol. The fourth-order valence-corrected chi connectivity index (χ4v) is 5.04. The van der Waals surface area contributed by atoms with Crippen LogP contribution in [0.2, 0.25) is 0 Å². The Hall–Kier alpha value is -1.43. The van der Waals surface area contributed by atoms with Gasteiger partial charge in [-0.25, -0.2) is 0 Å². The van der Waals surface area contributed by atoms with Gasteiger partial charge in [0.1, 0.15) is 26.2 Å². The molecule has 2 aromatic rings. The average molecular weight is 494 g/mol. The first-order chi connectivity index (χ1) is 15.3. The number of Topliss-reactive ketones (excluding diaryl/α,β-unsaturated/α-hetero) is 1. The Labute approximate surface area is 211 Å². The number of nitrogens with one attached hydrogen (secondary N) is 2. The van der Waals surface area contributed by atoms with Gasteiger partial charge in [-0.05, 0) is 42.9 Å². The zero-order valence-electron chi connectivity index (χ0n) is 19.6. The second-order valence-electron chi connectivity index (χ2n) is 9.27. The van der Waals surface area contributed by atoms with Gasteiger partial charge in [-0.2, -0.15) is 0 Å². The third-order valence-corrected chi connectivity index (χ3v) is 6.89. The Kier molecular flexibility index (Phi) is 12.4. The molecular formula is C27H38Cl2N2O2. The van der Waals surface area contributed by atoms with Crippen molar-refractivity contribution >= 4 is 5.78 Å². The number of halogens is 2. The molecule has 0 bridgehead atoms. The highest BCUT2D eigenvalue weighted by Crippen LogP contribution is 2.21. The van der Waals surface area contributed by atoms with E-state index in [-0.39, 0.29) is 30.6 Å². The molecule has 4 nitrogen and oxygen atoms in total. The first-order valence-corrected chi connectivity index (χ1v) is 12.2. The van der Waals surface area contributed by atoms with Crippen LogP contribution in [-0.4, -0.2) is 51.7 Å². The van der Waals surface area contributed by atoms with Crippen molar-refractivity contribution in [2.75, 3.05) is 45.9 Å². The molecule has 0 aromatic heterocycles. The lowest BCUT2D eigenvalue weighted by Gasteiger charge is -2.25. The summed E-state index contributed by atoms with van der Waals surface area (Å²) in [4.78, 5) is 16.3. The van der Waals surface area contributed by atoms with Crippen LogP contribution >= 0.6 is 0 Å². The van der Waals surface area contributed by atoms with Crippen molar-refractivity contribution in [3.05, 3.63) is 70.8 Å². The topological polar surface area (TPSA) is 35.2 Å². The Morgan fingerprint density at radius 2 is 1.64 bits per heavy atom. The van der Waals surface area contributed by atoms with E-state index >= 15 is 0 Å². The van der Waals surface area contributed by atoms with Crippen LogP contribution < -0.4 is 34.6 Å². The van der Waals surface area contributed by atoms with Crippen molar-refractivity contribution in [2.45, 2.75) is 45.1 Å². The predicted molar refractivity (Wildman–Crippen MR) is 124 cm³/mol. The number of morpholine rings is 1. The number of fused-ring (bicyclic) bond motifs is 1. The summed E-state index contributed by atoms with van der Waals surface area (Å²) in [5, 5.41) is 0. The minimum atomic E-state index is 0. The van der Waals surface area contributed by atoms with Crippen LogP contribution in [0, 0.1) is 0 Å². The minimum Gasteiger partial charge on any atom is -1.00 e. The van der Waals surface area contributed by atoms with Crippen LogP contribution in [-0.2, 0) is 24.1 Å². The normalized spacial score (nSPS) is 17.1. The largest absolute Gasteiger partial charge is 1.00 e. The summed E-state index contributed by atoms with van der Waals surface area (Å²) in [6.07, 6.45) is 7.27. The monoisotopic (exact) mass is 492 g/mol. The standard InChI is InChI=1S/C27H36N2O2.2ClH/c30-27(26-13-12-24-10-5-2-6-11-25(24)20-26)22-29(21-23-8-3-1-4-9-23)15-7-14-28-16-18-31-19-17-28;;/h1,3-4,8-9,12-13,20H,2,5-7,10-11,14-19,21-22H2;2*1H. The van der Waals surface area contributed by atoms with E-state index in [0.717, 1.165) is 57.8 Å². The van der Waals surface area contributed by atoms with Crippen molar-refractivity contribution < 1.29 is 44.1 Å². The molecule has 33 heavy (non-hydrogen) atoms. The van der Waals surface area contributed by atoms with Gasteiger partial charge in [0, 0.05) is 17.5 Å².